The average Bonchev–Trinajstić information content (AvgIpc) is 2.72. The van der Waals surface area contributed by atoms with Crippen molar-refractivity contribution in [2.24, 2.45) is 0 Å². The Bertz CT molecular complexity index is 691. The fourth-order valence-electron chi connectivity index (χ4n) is 1.69. The number of nitrogens with two attached hydrogens (primary N) is 1. The van der Waals surface area contributed by atoms with Crippen LogP contribution in [0.15, 0.2) is 51.4 Å². The Kier molecular flexibility index (Phi) is 2.37. The summed E-state index contributed by atoms with van der Waals surface area (Å²) in [7, 11) is 0. The lowest BCUT2D eigenvalue weighted by atomic mass is 10.2. The maximum Gasteiger partial charge on any atom is 0.227 e. The number of hydrogen-bond donors (Lipinski definition) is 1. The van der Waals surface area contributed by atoms with E-state index in [-0.39, 0.29) is 0 Å². The van der Waals surface area contributed by atoms with Gasteiger partial charge in [-0.2, -0.15) is 0 Å². The zero-order valence-corrected chi connectivity index (χ0v) is 10.4. The van der Waals surface area contributed by atoms with E-state index in [4.69, 9.17) is 10.2 Å². The van der Waals surface area contributed by atoms with Crippen LogP contribution >= 0.6 is 15.9 Å². The van der Waals surface area contributed by atoms with Crippen LogP contribution in [-0.2, 0) is 0 Å². The number of nitrogens with zero attached hydrogens (tertiary/aromatic N) is 1. The summed E-state index contributed by atoms with van der Waals surface area (Å²) in [4.78, 5) is 4.42. The molecule has 84 valence electrons. The van der Waals surface area contributed by atoms with Crippen LogP contribution in [0.1, 0.15) is 0 Å². The summed E-state index contributed by atoms with van der Waals surface area (Å²) in [5.41, 5.74) is 8.84. The lowest BCUT2D eigenvalue weighted by Gasteiger charge is -1.94. The van der Waals surface area contributed by atoms with Crippen LogP contribution in [0.3, 0.4) is 0 Å². The van der Waals surface area contributed by atoms with E-state index in [1.807, 2.05) is 36.4 Å². The molecule has 1 heterocycles. The normalized spacial score (nSPS) is 10.9. The molecule has 0 atom stereocenters. The minimum absolute atomic E-state index is 0.604. The SMILES string of the molecule is Nc1ccc2nc(-c3cccc(Br)c3)oc2c1. The van der Waals surface area contributed by atoms with Gasteiger partial charge >= 0.3 is 0 Å². The molecule has 3 rings (SSSR count). The second-order valence-electron chi connectivity index (χ2n) is 3.76. The number of fused-ring (bicyclic) bond motifs is 1. The van der Waals surface area contributed by atoms with E-state index in [2.05, 4.69) is 20.9 Å². The Labute approximate surface area is 106 Å². The van der Waals surface area contributed by atoms with Crippen LogP contribution in [0, 0.1) is 0 Å². The third-order valence-corrected chi connectivity index (χ3v) is 2.98. The van der Waals surface area contributed by atoms with E-state index in [1.54, 1.807) is 6.07 Å². The zero-order chi connectivity index (χ0) is 11.8. The summed E-state index contributed by atoms with van der Waals surface area (Å²) >= 11 is 3.43. The van der Waals surface area contributed by atoms with Gasteiger partial charge in [-0.25, -0.2) is 4.98 Å². The van der Waals surface area contributed by atoms with Crippen LogP contribution in [0.4, 0.5) is 5.69 Å². The molecule has 3 nitrogen and oxygen atoms in total. The first-order valence-corrected chi connectivity index (χ1v) is 5.94. The van der Waals surface area contributed by atoms with Gasteiger partial charge in [0.25, 0.3) is 0 Å². The van der Waals surface area contributed by atoms with E-state index in [9.17, 15) is 0 Å². The third-order valence-electron chi connectivity index (χ3n) is 2.48. The lowest BCUT2D eigenvalue weighted by Crippen LogP contribution is -1.81. The summed E-state index contributed by atoms with van der Waals surface area (Å²) in [5, 5.41) is 0. The van der Waals surface area contributed by atoms with Crippen LogP contribution < -0.4 is 5.73 Å². The van der Waals surface area contributed by atoms with Crippen molar-refractivity contribution in [3.8, 4) is 11.5 Å². The molecule has 1 aromatic heterocycles. The van der Waals surface area contributed by atoms with Crippen molar-refractivity contribution >= 4 is 32.7 Å². The highest BCUT2D eigenvalue weighted by molar-refractivity contribution is 9.10. The summed E-state index contributed by atoms with van der Waals surface area (Å²) in [6, 6.07) is 13.3. The highest BCUT2D eigenvalue weighted by atomic mass is 79.9. The van der Waals surface area contributed by atoms with Crippen LogP contribution in [0.2, 0.25) is 0 Å². The van der Waals surface area contributed by atoms with E-state index in [0.29, 0.717) is 17.2 Å². The van der Waals surface area contributed by atoms with Crippen molar-refractivity contribution in [1.29, 1.82) is 0 Å². The fourth-order valence-corrected chi connectivity index (χ4v) is 2.09. The highest BCUT2D eigenvalue weighted by Gasteiger charge is 2.08. The molecule has 0 radical (unpaired) electrons. The standard InChI is InChI=1S/C13H9BrN2O/c14-9-3-1-2-8(6-9)13-16-11-5-4-10(15)7-12(11)17-13/h1-7H,15H2. The van der Waals surface area contributed by atoms with Gasteiger partial charge in [-0.05, 0) is 30.3 Å². The van der Waals surface area contributed by atoms with Crippen molar-refractivity contribution < 1.29 is 4.42 Å². The van der Waals surface area contributed by atoms with E-state index >= 15 is 0 Å². The first kappa shape index (κ1) is 10.4. The van der Waals surface area contributed by atoms with Crippen molar-refractivity contribution in [3.05, 3.63) is 46.9 Å². The molecule has 2 aromatic carbocycles. The van der Waals surface area contributed by atoms with Gasteiger partial charge in [0.2, 0.25) is 5.89 Å². The lowest BCUT2D eigenvalue weighted by molar-refractivity contribution is 0.620. The van der Waals surface area contributed by atoms with Gasteiger partial charge in [0.1, 0.15) is 5.52 Å². The number of halogens is 1. The quantitative estimate of drug-likeness (QED) is 0.692. The Hall–Kier alpha value is -1.81. The van der Waals surface area contributed by atoms with Gasteiger partial charge in [-0.1, -0.05) is 22.0 Å². The second kappa shape index (κ2) is 3.89. The second-order valence-corrected chi connectivity index (χ2v) is 4.67. The number of anilines is 1. The predicted molar refractivity (Wildman–Crippen MR) is 71.6 cm³/mol. The largest absolute Gasteiger partial charge is 0.436 e. The molecule has 3 aromatic rings. The molecule has 0 amide bonds. The van der Waals surface area contributed by atoms with E-state index in [0.717, 1.165) is 15.6 Å². The van der Waals surface area contributed by atoms with Crippen molar-refractivity contribution in [2.45, 2.75) is 0 Å². The molecular weight excluding hydrogens is 280 g/mol. The average molecular weight is 289 g/mol. The van der Waals surface area contributed by atoms with Crippen LogP contribution in [0.5, 0.6) is 0 Å². The minimum Gasteiger partial charge on any atom is -0.436 e. The summed E-state index contributed by atoms with van der Waals surface area (Å²) in [6.07, 6.45) is 0. The smallest absolute Gasteiger partial charge is 0.227 e. The zero-order valence-electron chi connectivity index (χ0n) is 8.85. The molecule has 0 bridgehead atoms. The Morgan fingerprint density at radius 2 is 2.00 bits per heavy atom. The first-order chi connectivity index (χ1) is 8.22. The molecule has 0 aliphatic carbocycles. The molecule has 2 N–H and O–H groups in total. The topological polar surface area (TPSA) is 52.0 Å². The highest BCUT2D eigenvalue weighted by Crippen LogP contribution is 2.27. The van der Waals surface area contributed by atoms with Gasteiger partial charge in [0.15, 0.2) is 5.58 Å². The first-order valence-electron chi connectivity index (χ1n) is 5.14. The number of oxazole rings is 1. The number of rotatable bonds is 1. The Balaban J connectivity index is 2.18. The van der Waals surface area contributed by atoms with Crippen molar-refractivity contribution in [3.63, 3.8) is 0 Å². The summed E-state index contributed by atoms with van der Waals surface area (Å²) < 4.78 is 6.67. The van der Waals surface area contributed by atoms with Crippen LogP contribution in [0.25, 0.3) is 22.6 Å². The van der Waals surface area contributed by atoms with Gasteiger partial charge in [0.05, 0.1) is 0 Å². The fraction of sp³-hybridized carbons (Fsp3) is 0. The molecule has 0 aliphatic heterocycles. The number of hydrogen-bond acceptors (Lipinski definition) is 3. The van der Waals surface area contributed by atoms with Crippen LogP contribution in [-0.4, -0.2) is 4.98 Å². The van der Waals surface area contributed by atoms with Gasteiger partial charge in [0, 0.05) is 21.8 Å². The molecule has 0 saturated heterocycles. The molecule has 0 aliphatic rings. The third kappa shape index (κ3) is 1.91. The molecule has 4 heteroatoms. The van der Waals surface area contributed by atoms with E-state index < -0.39 is 0 Å². The Morgan fingerprint density at radius 3 is 2.82 bits per heavy atom. The molecule has 0 unspecified atom stereocenters. The van der Waals surface area contributed by atoms with Gasteiger partial charge in [-0.3, -0.25) is 0 Å². The molecule has 0 spiro atoms. The molecule has 17 heavy (non-hydrogen) atoms. The van der Waals surface area contributed by atoms with Gasteiger partial charge in [-0.15, -0.1) is 0 Å². The summed E-state index contributed by atoms with van der Waals surface area (Å²) in [6.45, 7) is 0. The Morgan fingerprint density at radius 1 is 1.12 bits per heavy atom. The maximum absolute atomic E-state index is 5.70. The van der Waals surface area contributed by atoms with E-state index in [1.165, 1.54) is 0 Å². The monoisotopic (exact) mass is 288 g/mol. The summed E-state index contributed by atoms with van der Waals surface area (Å²) in [5.74, 6) is 0.604. The molecular formula is C13H9BrN2O. The number of aromatic nitrogens is 1. The minimum atomic E-state index is 0.604. The number of benzene rings is 2. The molecule has 0 fully saturated rings. The molecule has 0 saturated carbocycles. The maximum atomic E-state index is 5.70. The van der Waals surface area contributed by atoms with Gasteiger partial charge < -0.3 is 10.2 Å². The van der Waals surface area contributed by atoms with Crippen molar-refractivity contribution in [2.75, 3.05) is 5.73 Å². The number of nitrogen functional groups attached to an aromatic ring is 1. The predicted octanol–water partition coefficient (Wildman–Crippen LogP) is 3.84. The van der Waals surface area contributed by atoms with Crippen molar-refractivity contribution in [1.82, 2.24) is 4.98 Å².